The molecule has 1 aliphatic heterocycles. The van der Waals surface area contributed by atoms with Gasteiger partial charge < -0.3 is 4.90 Å². The summed E-state index contributed by atoms with van der Waals surface area (Å²) in [6, 6.07) is 18.8. The van der Waals surface area contributed by atoms with E-state index in [-0.39, 0.29) is 5.91 Å². The van der Waals surface area contributed by atoms with Crippen LogP contribution in [0.5, 0.6) is 0 Å². The van der Waals surface area contributed by atoms with Gasteiger partial charge in [-0.25, -0.2) is 0 Å². The summed E-state index contributed by atoms with van der Waals surface area (Å²) >= 11 is 0. The third-order valence-electron chi connectivity index (χ3n) is 3.98. The van der Waals surface area contributed by atoms with Crippen LogP contribution in [0.3, 0.4) is 0 Å². The lowest BCUT2D eigenvalue weighted by atomic mass is 9.98. The van der Waals surface area contributed by atoms with E-state index in [1.54, 1.807) is 0 Å². The fourth-order valence-corrected chi connectivity index (χ4v) is 2.79. The zero-order chi connectivity index (χ0) is 13.9. The Kier molecular flexibility index (Phi) is 3.55. The molecule has 2 aromatic rings. The van der Waals surface area contributed by atoms with Crippen LogP contribution in [0.1, 0.15) is 29.0 Å². The van der Waals surface area contributed by atoms with E-state index in [1.807, 2.05) is 23.1 Å². The Balaban J connectivity index is 1.70. The highest BCUT2D eigenvalue weighted by atomic mass is 16.2. The number of hydrogen-bond acceptors (Lipinski definition) is 1. The largest absolute Gasteiger partial charge is 0.338 e. The van der Waals surface area contributed by atoms with Crippen molar-refractivity contribution >= 4 is 5.91 Å². The molecule has 0 aliphatic carbocycles. The molecule has 102 valence electrons. The van der Waals surface area contributed by atoms with Crippen molar-refractivity contribution < 1.29 is 4.79 Å². The van der Waals surface area contributed by atoms with E-state index in [0.29, 0.717) is 12.3 Å². The van der Waals surface area contributed by atoms with Gasteiger partial charge in [0.25, 0.3) is 0 Å². The lowest BCUT2D eigenvalue weighted by Crippen LogP contribution is -2.24. The molecular weight excluding hydrogens is 246 g/mol. The lowest BCUT2D eigenvalue weighted by molar-refractivity contribution is -0.128. The van der Waals surface area contributed by atoms with Gasteiger partial charge in [0.15, 0.2) is 0 Å². The van der Waals surface area contributed by atoms with Gasteiger partial charge in [-0.2, -0.15) is 0 Å². The highest BCUT2D eigenvalue weighted by molar-refractivity contribution is 5.79. The molecule has 1 amide bonds. The van der Waals surface area contributed by atoms with Gasteiger partial charge in [-0.3, -0.25) is 4.79 Å². The maximum atomic E-state index is 12.2. The first-order valence-corrected chi connectivity index (χ1v) is 7.10. The predicted molar refractivity (Wildman–Crippen MR) is 80.4 cm³/mol. The average Bonchev–Trinajstić information content (AvgIpc) is 2.84. The Morgan fingerprint density at radius 2 is 1.75 bits per heavy atom. The van der Waals surface area contributed by atoms with Crippen molar-refractivity contribution in [2.24, 2.45) is 0 Å². The first-order chi connectivity index (χ1) is 9.72. The molecule has 0 radical (unpaired) electrons. The van der Waals surface area contributed by atoms with Gasteiger partial charge in [0.1, 0.15) is 0 Å². The molecule has 1 aliphatic rings. The summed E-state index contributed by atoms with van der Waals surface area (Å²) in [6.45, 7) is 3.63. The second-order valence-corrected chi connectivity index (χ2v) is 5.57. The van der Waals surface area contributed by atoms with Gasteiger partial charge in [0.05, 0.1) is 0 Å². The molecule has 1 atom stereocenters. The normalized spacial score (nSPS) is 18.6. The SMILES string of the molecule is Cc1ccc(CN2CC(c3ccccc3)CC2=O)cc1. The molecule has 1 saturated heterocycles. The lowest BCUT2D eigenvalue weighted by Gasteiger charge is -2.17. The number of hydrogen-bond donors (Lipinski definition) is 0. The summed E-state index contributed by atoms with van der Waals surface area (Å²) in [7, 11) is 0. The molecule has 0 spiro atoms. The molecule has 0 N–H and O–H groups in total. The van der Waals surface area contributed by atoms with E-state index in [2.05, 4.69) is 43.3 Å². The first kappa shape index (κ1) is 12.9. The summed E-state index contributed by atoms with van der Waals surface area (Å²) in [6.07, 6.45) is 0.635. The van der Waals surface area contributed by atoms with Crippen molar-refractivity contribution in [1.29, 1.82) is 0 Å². The molecule has 1 unspecified atom stereocenters. The standard InChI is InChI=1S/C18H19NO/c1-14-7-9-15(10-8-14)12-19-13-17(11-18(19)20)16-5-3-2-4-6-16/h2-10,17H,11-13H2,1H3. The summed E-state index contributed by atoms with van der Waals surface area (Å²) < 4.78 is 0. The van der Waals surface area contributed by atoms with E-state index in [0.717, 1.165) is 13.1 Å². The third-order valence-corrected chi connectivity index (χ3v) is 3.98. The average molecular weight is 265 g/mol. The van der Waals surface area contributed by atoms with Gasteiger partial charge >= 0.3 is 0 Å². The molecule has 2 nitrogen and oxygen atoms in total. The fraction of sp³-hybridized carbons (Fsp3) is 0.278. The van der Waals surface area contributed by atoms with Gasteiger partial charge in [-0.15, -0.1) is 0 Å². The molecule has 0 saturated carbocycles. The van der Waals surface area contributed by atoms with Crippen molar-refractivity contribution in [3.63, 3.8) is 0 Å². The van der Waals surface area contributed by atoms with Gasteiger partial charge in [-0.1, -0.05) is 60.2 Å². The highest BCUT2D eigenvalue weighted by Crippen LogP contribution is 2.28. The second kappa shape index (κ2) is 5.49. The van der Waals surface area contributed by atoms with Crippen LogP contribution >= 0.6 is 0 Å². The van der Waals surface area contributed by atoms with E-state index < -0.39 is 0 Å². The Morgan fingerprint density at radius 3 is 2.45 bits per heavy atom. The number of carbonyl (C=O) groups is 1. The van der Waals surface area contributed by atoms with Crippen molar-refractivity contribution in [2.45, 2.75) is 25.8 Å². The molecule has 3 rings (SSSR count). The van der Waals surface area contributed by atoms with Crippen molar-refractivity contribution in [3.05, 3.63) is 71.3 Å². The summed E-state index contributed by atoms with van der Waals surface area (Å²) in [5, 5.41) is 0. The zero-order valence-corrected chi connectivity index (χ0v) is 11.8. The topological polar surface area (TPSA) is 20.3 Å². The monoisotopic (exact) mass is 265 g/mol. The summed E-state index contributed by atoms with van der Waals surface area (Å²) in [5.74, 6) is 0.605. The Labute approximate surface area is 120 Å². The summed E-state index contributed by atoms with van der Waals surface area (Å²) in [4.78, 5) is 14.1. The molecule has 2 aromatic carbocycles. The second-order valence-electron chi connectivity index (χ2n) is 5.57. The number of likely N-dealkylation sites (tertiary alicyclic amines) is 1. The van der Waals surface area contributed by atoms with Crippen LogP contribution in [0.15, 0.2) is 54.6 Å². The van der Waals surface area contributed by atoms with Crippen LogP contribution in [0.4, 0.5) is 0 Å². The van der Waals surface area contributed by atoms with E-state index >= 15 is 0 Å². The zero-order valence-electron chi connectivity index (χ0n) is 11.8. The number of benzene rings is 2. The first-order valence-electron chi connectivity index (χ1n) is 7.10. The van der Waals surface area contributed by atoms with Crippen LogP contribution in [0.25, 0.3) is 0 Å². The highest BCUT2D eigenvalue weighted by Gasteiger charge is 2.30. The van der Waals surface area contributed by atoms with Crippen LogP contribution in [-0.4, -0.2) is 17.4 Å². The minimum Gasteiger partial charge on any atom is -0.338 e. The van der Waals surface area contributed by atoms with E-state index in [9.17, 15) is 4.79 Å². The minimum atomic E-state index is 0.263. The van der Waals surface area contributed by atoms with E-state index in [4.69, 9.17) is 0 Å². The van der Waals surface area contributed by atoms with Crippen molar-refractivity contribution in [3.8, 4) is 0 Å². The number of rotatable bonds is 3. The molecule has 20 heavy (non-hydrogen) atoms. The van der Waals surface area contributed by atoms with Gasteiger partial charge in [0.2, 0.25) is 5.91 Å². The maximum Gasteiger partial charge on any atom is 0.223 e. The van der Waals surface area contributed by atoms with E-state index in [1.165, 1.54) is 16.7 Å². The van der Waals surface area contributed by atoms with Crippen LogP contribution < -0.4 is 0 Å². The van der Waals surface area contributed by atoms with Crippen molar-refractivity contribution in [1.82, 2.24) is 4.90 Å². The van der Waals surface area contributed by atoms with Crippen molar-refractivity contribution in [2.75, 3.05) is 6.54 Å². The van der Waals surface area contributed by atoms with Crippen LogP contribution in [0, 0.1) is 6.92 Å². The minimum absolute atomic E-state index is 0.263. The van der Waals surface area contributed by atoms with Crippen LogP contribution in [-0.2, 0) is 11.3 Å². The molecule has 2 heteroatoms. The fourth-order valence-electron chi connectivity index (χ4n) is 2.79. The third kappa shape index (κ3) is 2.74. The van der Waals surface area contributed by atoms with Crippen LogP contribution in [0.2, 0.25) is 0 Å². The number of nitrogens with zero attached hydrogens (tertiary/aromatic N) is 1. The quantitative estimate of drug-likeness (QED) is 0.831. The summed E-state index contributed by atoms with van der Waals surface area (Å²) in [5.41, 5.74) is 3.73. The molecule has 1 fully saturated rings. The Morgan fingerprint density at radius 1 is 1.05 bits per heavy atom. The maximum absolute atomic E-state index is 12.2. The Bertz CT molecular complexity index is 589. The number of carbonyl (C=O) groups excluding carboxylic acids is 1. The molecule has 0 bridgehead atoms. The number of aryl methyl sites for hydroxylation is 1. The predicted octanol–water partition coefficient (Wildman–Crippen LogP) is 3.51. The van der Waals surface area contributed by atoms with Gasteiger partial charge in [-0.05, 0) is 18.1 Å². The molecule has 1 heterocycles. The van der Waals surface area contributed by atoms with Gasteiger partial charge in [0, 0.05) is 25.4 Å². The number of amides is 1. The smallest absolute Gasteiger partial charge is 0.223 e. The molecular formula is C18H19NO. The Hall–Kier alpha value is -2.09. The molecule has 0 aromatic heterocycles.